The molecular formula is C16H21N3O3. The van der Waals surface area contributed by atoms with Gasteiger partial charge in [-0.3, -0.25) is 14.3 Å². The quantitative estimate of drug-likeness (QED) is 0.873. The van der Waals surface area contributed by atoms with Crippen LogP contribution in [-0.4, -0.2) is 45.7 Å². The first-order valence-corrected chi connectivity index (χ1v) is 7.47. The molecule has 0 unspecified atom stereocenters. The van der Waals surface area contributed by atoms with Crippen molar-refractivity contribution in [2.45, 2.75) is 32.4 Å². The maximum absolute atomic E-state index is 12.1. The number of likely N-dealkylation sites (tertiary alicyclic amines) is 1. The first-order valence-electron chi connectivity index (χ1n) is 7.47. The molecule has 0 spiro atoms. The second kappa shape index (κ2) is 5.28. The number of fused-ring (bicyclic) bond motifs is 1. The van der Waals surface area contributed by atoms with E-state index in [1.54, 1.807) is 4.57 Å². The summed E-state index contributed by atoms with van der Waals surface area (Å²) in [5.41, 5.74) is 1.20. The Kier molecular flexibility index (Phi) is 3.56. The number of H-pyrrole nitrogens is 1. The Morgan fingerprint density at radius 1 is 1.32 bits per heavy atom. The number of rotatable bonds is 3. The Balaban J connectivity index is 1.65. The van der Waals surface area contributed by atoms with Gasteiger partial charge >= 0.3 is 11.7 Å². The minimum absolute atomic E-state index is 0.0943. The fraction of sp³-hybridized carbons (Fsp3) is 0.500. The number of carbonyl (C=O) groups is 1. The molecule has 1 fully saturated rings. The summed E-state index contributed by atoms with van der Waals surface area (Å²) in [5, 5.41) is 0. The number of carbonyl (C=O) groups excluding carboxylic acids is 1. The topological polar surface area (TPSA) is 67.3 Å². The van der Waals surface area contributed by atoms with Crippen molar-refractivity contribution < 1.29 is 9.53 Å². The van der Waals surface area contributed by atoms with Gasteiger partial charge in [-0.15, -0.1) is 0 Å². The number of nitrogens with one attached hydrogen (secondary N) is 1. The van der Waals surface area contributed by atoms with Gasteiger partial charge in [0, 0.05) is 13.1 Å². The van der Waals surface area contributed by atoms with E-state index >= 15 is 0 Å². The number of nitrogens with zero attached hydrogens (tertiary/aromatic N) is 2. The summed E-state index contributed by atoms with van der Waals surface area (Å²) >= 11 is 0. The summed E-state index contributed by atoms with van der Waals surface area (Å²) < 4.78 is 7.09. The van der Waals surface area contributed by atoms with Crippen molar-refractivity contribution in [3.05, 3.63) is 34.7 Å². The van der Waals surface area contributed by atoms with Gasteiger partial charge in [0.2, 0.25) is 0 Å². The van der Waals surface area contributed by atoms with Crippen LogP contribution in [0.25, 0.3) is 11.0 Å². The Hall–Kier alpha value is -2.08. The number of para-hydroxylation sites is 2. The third kappa shape index (κ3) is 2.92. The minimum Gasteiger partial charge on any atom is -0.459 e. The van der Waals surface area contributed by atoms with Crippen LogP contribution in [-0.2, 0) is 9.53 Å². The number of hydrogen-bond donors (Lipinski definition) is 1. The van der Waals surface area contributed by atoms with Gasteiger partial charge in [-0.25, -0.2) is 4.79 Å². The molecule has 1 aromatic heterocycles. The van der Waals surface area contributed by atoms with Gasteiger partial charge in [-0.2, -0.15) is 0 Å². The van der Waals surface area contributed by atoms with Crippen molar-refractivity contribution >= 4 is 17.0 Å². The average Bonchev–Trinajstić information content (AvgIpc) is 2.67. The predicted octanol–water partition coefficient (Wildman–Crippen LogP) is 1.53. The van der Waals surface area contributed by atoms with E-state index < -0.39 is 5.60 Å². The summed E-state index contributed by atoms with van der Waals surface area (Å²) in [7, 11) is 0. The van der Waals surface area contributed by atoms with Crippen LogP contribution in [0.4, 0.5) is 0 Å². The summed E-state index contributed by atoms with van der Waals surface area (Å²) in [6.45, 7) is 7.20. The standard InChI is InChI=1S/C16H21N3O3/c1-16(2,3)22-14(20)10-18-8-11(9-18)19-13-7-5-4-6-12(13)17-15(19)21/h4-7,11H,8-10H2,1-3H3,(H,17,21). The summed E-state index contributed by atoms with van der Waals surface area (Å²) in [5.74, 6) is -0.225. The lowest BCUT2D eigenvalue weighted by Crippen LogP contribution is -2.52. The molecule has 3 rings (SSSR count). The van der Waals surface area contributed by atoms with Crippen LogP contribution in [0.1, 0.15) is 26.8 Å². The molecule has 22 heavy (non-hydrogen) atoms. The van der Waals surface area contributed by atoms with E-state index in [4.69, 9.17) is 4.74 Å². The zero-order chi connectivity index (χ0) is 15.9. The number of benzene rings is 1. The second-order valence-electron chi connectivity index (χ2n) is 6.75. The molecule has 118 valence electrons. The van der Waals surface area contributed by atoms with Crippen LogP contribution in [0.5, 0.6) is 0 Å². The predicted molar refractivity (Wildman–Crippen MR) is 83.9 cm³/mol. The normalized spacial score (nSPS) is 16.7. The lowest BCUT2D eigenvalue weighted by molar-refractivity contribution is -0.157. The molecule has 6 nitrogen and oxygen atoms in total. The third-order valence-corrected chi connectivity index (χ3v) is 3.70. The highest BCUT2D eigenvalue weighted by atomic mass is 16.6. The number of esters is 1. The van der Waals surface area contributed by atoms with Crippen LogP contribution in [0.15, 0.2) is 29.1 Å². The molecule has 1 aliphatic heterocycles. The van der Waals surface area contributed by atoms with Gasteiger partial charge in [0.05, 0.1) is 23.6 Å². The number of imidazole rings is 1. The first-order chi connectivity index (χ1) is 10.3. The minimum atomic E-state index is -0.463. The molecular weight excluding hydrogens is 282 g/mol. The molecule has 1 saturated heterocycles. The second-order valence-corrected chi connectivity index (χ2v) is 6.75. The van der Waals surface area contributed by atoms with Crippen molar-refractivity contribution in [1.29, 1.82) is 0 Å². The number of hydrogen-bond acceptors (Lipinski definition) is 4. The highest BCUT2D eigenvalue weighted by Gasteiger charge is 2.32. The van der Waals surface area contributed by atoms with Crippen LogP contribution in [0, 0.1) is 0 Å². The van der Waals surface area contributed by atoms with Gasteiger partial charge in [0.1, 0.15) is 5.60 Å². The summed E-state index contributed by atoms with van der Waals surface area (Å²) in [6.07, 6.45) is 0. The van der Waals surface area contributed by atoms with Crippen molar-refractivity contribution in [3.63, 3.8) is 0 Å². The molecule has 1 N–H and O–H groups in total. The van der Waals surface area contributed by atoms with Gasteiger partial charge in [0.15, 0.2) is 0 Å². The Bertz CT molecular complexity index is 748. The van der Waals surface area contributed by atoms with Gasteiger partial charge in [-0.05, 0) is 32.9 Å². The highest BCUT2D eigenvalue weighted by molar-refractivity contribution is 5.75. The summed E-state index contributed by atoms with van der Waals surface area (Å²) in [6, 6.07) is 7.75. The van der Waals surface area contributed by atoms with E-state index in [-0.39, 0.29) is 24.2 Å². The molecule has 0 amide bonds. The molecule has 0 radical (unpaired) electrons. The van der Waals surface area contributed by atoms with Crippen molar-refractivity contribution in [2.24, 2.45) is 0 Å². The van der Waals surface area contributed by atoms with Crippen molar-refractivity contribution in [1.82, 2.24) is 14.5 Å². The van der Waals surface area contributed by atoms with E-state index in [0.29, 0.717) is 13.1 Å². The van der Waals surface area contributed by atoms with Gasteiger partial charge < -0.3 is 9.72 Å². The fourth-order valence-corrected chi connectivity index (χ4v) is 2.83. The SMILES string of the molecule is CC(C)(C)OC(=O)CN1CC(n2c(=O)[nH]c3ccccc32)C1. The third-order valence-electron chi connectivity index (χ3n) is 3.70. The Morgan fingerprint density at radius 2 is 2.00 bits per heavy atom. The zero-order valence-electron chi connectivity index (χ0n) is 13.1. The van der Waals surface area contributed by atoms with Crippen molar-refractivity contribution in [3.8, 4) is 0 Å². The van der Waals surface area contributed by atoms with Crippen LogP contribution in [0.2, 0.25) is 0 Å². The first kappa shape index (κ1) is 14.8. The molecule has 2 heterocycles. The Labute approximate surface area is 128 Å². The molecule has 2 aromatic rings. The highest BCUT2D eigenvalue weighted by Crippen LogP contribution is 2.23. The number of aromatic amines is 1. The average molecular weight is 303 g/mol. The fourth-order valence-electron chi connectivity index (χ4n) is 2.83. The molecule has 0 bridgehead atoms. The largest absolute Gasteiger partial charge is 0.459 e. The smallest absolute Gasteiger partial charge is 0.326 e. The molecule has 0 atom stereocenters. The molecule has 6 heteroatoms. The van der Waals surface area contributed by atoms with E-state index in [2.05, 4.69) is 4.98 Å². The Morgan fingerprint density at radius 3 is 2.68 bits per heavy atom. The lowest BCUT2D eigenvalue weighted by Gasteiger charge is -2.39. The summed E-state index contributed by atoms with van der Waals surface area (Å²) in [4.78, 5) is 28.7. The molecule has 0 saturated carbocycles. The molecule has 0 aliphatic carbocycles. The van der Waals surface area contributed by atoms with E-state index in [1.807, 2.05) is 49.9 Å². The van der Waals surface area contributed by atoms with Crippen molar-refractivity contribution in [2.75, 3.05) is 19.6 Å². The number of ether oxygens (including phenoxy) is 1. The van der Waals surface area contributed by atoms with Crippen LogP contribution < -0.4 is 5.69 Å². The van der Waals surface area contributed by atoms with E-state index in [9.17, 15) is 9.59 Å². The zero-order valence-corrected chi connectivity index (χ0v) is 13.1. The van der Waals surface area contributed by atoms with Gasteiger partial charge in [-0.1, -0.05) is 12.1 Å². The lowest BCUT2D eigenvalue weighted by atomic mass is 10.1. The molecule has 1 aliphatic rings. The van der Waals surface area contributed by atoms with Gasteiger partial charge in [0.25, 0.3) is 0 Å². The van der Waals surface area contributed by atoms with Crippen LogP contribution >= 0.6 is 0 Å². The monoisotopic (exact) mass is 303 g/mol. The maximum Gasteiger partial charge on any atom is 0.326 e. The van der Waals surface area contributed by atoms with Crippen LogP contribution in [0.3, 0.4) is 0 Å². The van der Waals surface area contributed by atoms with E-state index in [1.165, 1.54) is 0 Å². The number of aromatic nitrogens is 2. The van der Waals surface area contributed by atoms with E-state index in [0.717, 1.165) is 11.0 Å². The maximum atomic E-state index is 12.1. The molecule has 1 aromatic carbocycles.